The molecule has 9 aliphatic rings. The maximum absolute atomic E-state index is 13.2. The summed E-state index contributed by atoms with van der Waals surface area (Å²) in [6, 6.07) is 32.6. The average Bonchev–Trinajstić information content (AvgIpc) is 1.53. The molecule has 0 aromatic heterocycles. The van der Waals surface area contributed by atoms with Gasteiger partial charge in [0.05, 0.1) is 21.7 Å². The second-order valence-corrected chi connectivity index (χ2v) is 37.1. The number of benzene rings is 4. The van der Waals surface area contributed by atoms with Crippen molar-refractivity contribution in [2.75, 3.05) is 6.61 Å². The number of phenols is 2. The third-order valence-corrected chi connectivity index (χ3v) is 28.2. The Labute approximate surface area is 696 Å². The van der Waals surface area contributed by atoms with Crippen molar-refractivity contribution in [3.05, 3.63) is 114 Å². The van der Waals surface area contributed by atoms with E-state index in [0.717, 1.165) is 120 Å². The normalized spacial score (nSPS) is 25.4. The van der Waals surface area contributed by atoms with E-state index in [2.05, 4.69) is 46.8 Å². The van der Waals surface area contributed by atoms with E-state index < -0.39 is 105 Å². The zero-order chi connectivity index (χ0) is 86.3. The predicted octanol–water partition coefficient (Wildman–Crippen LogP) is 20.8. The fraction of sp³-hybridized carbons (Fsp3) is 0.660. The van der Waals surface area contributed by atoms with Crippen LogP contribution >= 0.6 is 0 Å². The van der Waals surface area contributed by atoms with E-state index in [1.54, 1.807) is 24.3 Å². The molecule has 13 rings (SSSR count). The molecule has 2 heterocycles. The molecular formula is C97H138O20. The van der Waals surface area contributed by atoms with Gasteiger partial charge in [0.2, 0.25) is 0 Å². The zero-order valence-electron chi connectivity index (χ0n) is 73.7. The van der Waals surface area contributed by atoms with E-state index in [1.165, 1.54) is 24.0 Å². The van der Waals surface area contributed by atoms with E-state index in [0.29, 0.717) is 61.2 Å². The summed E-state index contributed by atoms with van der Waals surface area (Å²) in [6.07, 6.45) is 19.3. The van der Waals surface area contributed by atoms with Crippen molar-refractivity contribution in [2.45, 2.75) is 345 Å². The molecule has 2 aliphatic heterocycles. The van der Waals surface area contributed by atoms with Gasteiger partial charge in [0.1, 0.15) is 58.5 Å². The first kappa shape index (κ1) is 94.2. The number of hydrogen-bond acceptors (Lipinski definition) is 20. The van der Waals surface area contributed by atoms with E-state index in [1.807, 2.05) is 164 Å². The quantitative estimate of drug-likeness (QED) is 0.0256. The molecule has 0 radical (unpaired) electrons. The Balaban J connectivity index is 0.000000183. The van der Waals surface area contributed by atoms with Gasteiger partial charge >= 0.3 is 53.7 Å². The summed E-state index contributed by atoms with van der Waals surface area (Å²) in [5.74, 6) is -1.97. The van der Waals surface area contributed by atoms with Crippen LogP contribution in [0, 0.1) is 56.2 Å². The van der Waals surface area contributed by atoms with Gasteiger partial charge in [-0.1, -0.05) is 143 Å². The molecule has 20 heteroatoms. The first-order valence-corrected chi connectivity index (χ1v) is 43.9. The number of hydrogen-bond donors (Lipinski definition) is 2. The monoisotopic (exact) mass is 1620 g/mol. The summed E-state index contributed by atoms with van der Waals surface area (Å²) in [4.78, 5) is 113. The van der Waals surface area contributed by atoms with Gasteiger partial charge in [-0.2, -0.15) is 0 Å². The highest BCUT2D eigenvalue weighted by Gasteiger charge is 2.77. The Morgan fingerprint density at radius 2 is 0.786 bits per heavy atom. The van der Waals surface area contributed by atoms with Crippen LogP contribution in [-0.2, 0) is 81.0 Å². The molecule has 0 amide bonds. The number of ether oxygens (including phenoxy) is 9. The molecule has 0 spiro atoms. The minimum absolute atomic E-state index is 0.0197. The molecule has 117 heavy (non-hydrogen) atoms. The second kappa shape index (κ2) is 39.7. The number of phenolic OH excluding ortho intramolecular Hbond substituents is 2. The fourth-order valence-corrected chi connectivity index (χ4v) is 17.5. The highest BCUT2D eigenvalue weighted by molar-refractivity contribution is 6.04. The number of aromatic hydroxyl groups is 2. The summed E-state index contributed by atoms with van der Waals surface area (Å²) in [6.45, 7) is 37.3. The van der Waals surface area contributed by atoms with Gasteiger partial charge in [0.25, 0.3) is 0 Å². The van der Waals surface area contributed by atoms with Gasteiger partial charge in [-0.3, -0.25) is 38.4 Å². The summed E-state index contributed by atoms with van der Waals surface area (Å²) >= 11 is 0. The lowest BCUT2D eigenvalue weighted by molar-refractivity contribution is -0.179. The molecule has 20 nitrogen and oxygen atoms in total. The maximum atomic E-state index is 13.2. The van der Waals surface area contributed by atoms with Crippen LogP contribution in [0.5, 0.6) is 17.2 Å². The van der Waals surface area contributed by atoms with Crippen LogP contribution in [0.4, 0.5) is 0 Å². The summed E-state index contributed by atoms with van der Waals surface area (Å²) in [7, 11) is 0. The Morgan fingerprint density at radius 3 is 1.16 bits per heavy atom. The van der Waals surface area contributed by atoms with Crippen LogP contribution in [0.1, 0.15) is 315 Å². The minimum atomic E-state index is -1.41. The highest BCUT2D eigenvalue weighted by atomic mass is 16.6. The third-order valence-electron chi connectivity index (χ3n) is 28.2. The van der Waals surface area contributed by atoms with Gasteiger partial charge in [-0.05, 0) is 286 Å². The third kappa shape index (κ3) is 21.7. The summed E-state index contributed by atoms with van der Waals surface area (Å²) in [5.41, 5.74) is -0.746. The molecule has 4 bridgehead atoms. The topological polar surface area (TPSA) is 277 Å². The largest absolute Gasteiger partial charge is 0.508 e. The van der Waals surface area contributed by atoms with Gasteiger partial charge in [-0.15, -0.1) is 0 Å². The fourth-order valence-electron chi connectivity index (χ4n) is 17.5. The van der Waals surface area contributed by atoms with Crippen LogP contribution in [-0.4, -0.2) is 112 Å². The van der Waals surface area contributed by atoms with Crippen LogP contribution in [0.3, 0.4) is 0 Å². The van der Waals surface area contributed by atoms with Crippen molar-refractivity contribution in [1.29, 1.82) is 0 Å². The second-order valence-electron chi connectivity index (χ2n) is 37.1. The van der Waals surface area contributed by atoms with Crippen LogP contribution in [0.25, 0.3) is 11.1 Å². The van der Waals surface area contributed by atoms with E-state index in [-0.39, 0.29) is 59.1 Å². The number of esters is 9. The molecule has 4 aromatic rings. The Hall–Kier alpha value is -8.29. The SMILES string of the molecule is CCC(C)(C)C(=O)Oc1ccc(-c2ccccc2)cc1.CCC(C)c1ccc(O)cc1.CCC(C)c1ccc(O)cc1.CCC1(OC(=O)C(C)(C)CC)CCCC1.CCC1(OC(=O)C23CC4CC2C(OC3=O)C4OC(=O)C(C)(C)CC)CCCC1.CCC1(OC(=O)COC(=O)C23CC4CC2C(OC3=O)C4OC(=O)C(C)(C)CC)CCCC1. The Kier molecular flexibility index (Phi) is 32.0. The van der Waals surface area contributed by atoms with E-state index in [4.69, 9.17) is 52.8 Å². The standard InChI is InChI=1S/C24H34O8.C22H32O6.C18H20O2.C13H24O2.2C10H14O/c1-5-22(3,4)19(26)30-17-14-11-15-18(17)31-21(28)24(15,12-14)20(27)29-13-16(25)32-23(6-2)9-7-8-10-23;1-5-20(3,4)17(23)26-15-13-11-14-16(15)27-18(24)22(14,12-13)19(25)28-21(6-2)9-7-8-10-21;1-4-18(2,3)17(19)20-16-12-10-15(11-13-16)14-8-6-5-7-9-14;1-5-12(3,4)11(14)15-13(6-2)9-7-8-10-13;2*1-3-8(2)9-4-6-10(11)7-5-9/h14-15,17-18H,5-13H2,1-4H3;13-16H,5-12H2,1-4H3;5-13H,4H2,1-3H3;5-10H2,1-4H3;2*4-8,11H,3H2,1-2H3. The average molecular weight is 1620 g/mol. The molecule has 2 N–H and O–H groups in total. The number of fused-ring (bicyclic) bond motifs is 2. The Morgan fingerprint density at radius 1 is 0.436 bits per heavy atom. The van der Waals surface area contributed by atoms with Crippen molar-refractivity contribution >= 4 is 53.7 Å². The molecule has 646 valence electrons. The molecular weight excluding hydrogens is 1490 g/mol. The lowest BCUT2D eigenvalue weighted by Gasteiger charge is -2.35. The number of carbonyl (C=O) groups is 9. The molecule has 7 aliphatic carbocycles. The lowest BCUT2D eigenvalue weighted by atomic mass is 9.73. The van der Waals surface area contributed by atoms with Crippen LogP contribution in [0.2, 0.25) is 0 Å². The van der Waals surface area contributed by atoms with Gasteiger partial charge in [0, 0.05) is 23.7 Å². The summed E-state index contributed by atoms with van der Waals surface area (Å²) in [5, 5.41) is 18.0. The highest BCUT2D eigenvalue weighted by Crippen LogP contribution is 2.65. The molecule has 2 saturated heterocycles. The molecule has 9 fully saturated rings. The minimum Gasteiger partial charge on any atom is -0.508 e. The van der Waals surface area contributed by atoms with Crippen LogP contribution in [0.15, 0.2) is 103 Å². The first-order valence-electron chi connectivity index (χ1n) is 43.9. The van der Waals surface area contributed by atoms with E-state index >= 15 is 0 Å². The number of carbonyl (C=O) groups excluding carboxylic acids is 9. The molecule has 7 saturated carbocycles. The molecule has 12 unspecified atom stereocenters. The predicted molar refractivity (Wildman–Crippen MR) is 448 cm³/mol. The number of rotatable bonds is 26. The van der Waals surface area contributed by atoms with Crippen molar-refractivity contribution in [3.8, 4) is 28.4 Å². The van der Waals surface area contributed by atoms with Crippen molar-refractivity contribution in [2.24, 2.45) is 56.2 Å². The Bertz CT molecular complexity index is 3940. The van der Waals surface area contributed by atoms with Crippen LogP contribution < -0.4 is 4.74 Å². The molecule has 4 aromatic carbocycles. The molecule has 12 atom stereocenters. The van der Waals surface area contributed by atoms with Crippen molar-refractivity contribution < 1.29 is 96.0 Å². The van der Waals surface area contributed by atoms with Gasteiger partial charge < -0.3 is 52.8 Å². The van der Waals surface area contributed by atoms with Gasteiger partial charge in [0.15, 0.2) is 17.4 Å². The van der Waals surface area contributed by atoms with E-state index in [9.17, 15) is 43.2 Å². The first-order chi connectivity index (χ1) is 55.2. The smallest absolute Gasteiger partial charge is 0.344 e. The zero-order valence-corrected chi connectivity index (χ0v) is 73.7. The van der Waals surface area contributed by atoms with Gasteiger partial charge in [-0.25, -0.2) is 4.79 Å². The lowest BCUT2D eigenvalue weighted by Crippen LogP contribution is -2.48. The summed E-state index contributed by atoms with van der Waals surface area (Å²) < 4.78 is 50.9. The van der Waals surface area contributed by atoms with Crippen molar-refractivity contribution in [3.63, 3.8) is 0 Å². The maximum Gasteiger partial charge on any atom is 0.344 e. The van der Waals surface area contributed by atoms with Crippen molar-refractivity contribution in [1.82, 2.24) is 0 Å².